The van der Waals surface area contributed by atoms with Crippen LogP contribution in [0, 0.1) is 5.82 Å². The van der Waals surface area contributed by atoms with E-state index in [0.717, 1.165) is 25.9 Å². The van der Waals surface area contributed by atoms with Crippen molar-refractivity contribution >= 4 is 21.8 Å². The first-order valence-electron chi connectivity index (χ1n) is 5.63. The smallest absolute Gasteiger partial charge is 0.252 e. The van der Waals surface area contributed by atoms with Crippen LogP contribution in [0.1, 0.15) is 23.2 Å². The molecule has 0 saturated carbocycles. The van der Waals surface area contributed by atoms with Crippen LogP contribution in [0.4, 0.5) is 4.39 Å². The lowest BCUT2D eigenvalue weighted by atomic mass is 10.1. The number of rotatable bonds is 2. The van der Waals surface area contributed by atoms with Crippen molar-refractivity contribution < 1.29 is 9.18 Å². The van der Waals surface area contributed by atoms with E-state index in [1.165, 1.54) is 12.1 Å². The summed E-state index contributed by atoms with van der Waals surface area (Å²) in [6.45, 7) is 1.82. The van der Waals surface area contributed by atoms with Crippen LogP contribution < -0.4 is 10.6 Å². The molecular weight excluding hydrogens is 287 g/mol. The maximum absolute atomic E-state index is 13.1. The van der Waals surface area contributed by atoms with Crippen LogP contribution in [0.25, 0.3) is 0 Å². The normalized spacial score (nSPS) is 16.8. The summed E-state index contributed by atoms with van der Waals surface area (Å²) >= 11 is 3.26. The molecule has 1 amide bonds. The fourth-order valence-electron chi connectivity index (χ4n) is 1.90. The van der Waals surface area contributed by atoms with E-state index in [2.05, 4.69) is 26.6 Å². The van der Waals surface area contributed by atoms with E-state index in [1.807, 2.05) is 0 Å². The number of amides is 1. The molecule has 0 aliphatic carbocycles. The van der Waals surface area contributed by atoms with Crippen molar-refractivity contribution in [1.82, 2.24) is 10.6 Å². The molecule has 1 aromatic rings. The van der Waals surface area contributed by atoms with E-state index in [-0.39, 0.29) is 11.9 Å². The van der Waals surface area contributed by atoms with Crippen LogP contribution >= 0.6 is 15.9 Å². The van der Waals surface area contributed by atoms with Gasteiger partial charge in [0.1, 0.15) is 5.82 Å². The minimum Gasteiger partial charge on any atom is -0.349 e. The summed E-state index contributed by atoms with van der Waals surface area (Å²) in [7, 11) is 0. The fraction of sp³-hybridized carbons (Fsp3) is 0.417. The molecule has 0 atom stereocenters. The van der Waals surface area contributed by atoms with E-state index >= 15 is 0 Å². The molecule has 3 nitrogen and oxygen atoms in total. The Morgan fingerprint density at radius 3 is 2.82 bits per heavy atom. The standard InChI is InChI=1S/C12H14BrFN2O/c13-11-2-1-8(14)7-10(11)12(17)16-9-3-5-15-6-4-9/h1-2,7,9,15H,3-6H2,(H,16,17). The first kappa shape index (κ1) is 12.5. The van der Waals surface area contributed by atoms with Crippen LogP contribution in [0.5, 0.6) is 0 Å². The Kier molecular flexibility index (Phi) is 4.12. The van der Waals surface area contributed by atoms with Gasteiger partial charge in [0, 0.05) is 10.5 Å². The van der Waals surface area contributed by atoms with Gasteiger partial charge in [0.15, 0.2) is 0 Å². The SMILES string of the molecule is O=C(NC1CCNCC1)c1cc(F)ccc1Br. The largest absolute Gasteiger partial charge is 0.349 e. The Balaban J connectivity index is 2.05. The van der Waals surface area contributed by atoms with Gasteiger partial charge in [-0.1, -0.05) is 0 Å². The summed E-state index contributed by atoms with van der Waals surface area (Å²) in [5.74, 6) is -0.619. The second kappa shape index (κ2) is 5.60. The first-order valence-corrected chi connectivity index (χ1v) is 6.43. The summed E-state index contributed by atoms with van der Waals surface area (Å²) in [5.41, 5.74) is 0.350. The van der Waals surface area contributed by atoms with Gasteiger partial charge >= 0.3 is 0 Å². The summed E-state index contributed by atoms with van der Waals surface area (Å²) in [4.78, 5) is 12.0. The van der Waals surface area contributed by atoms with Crippen LogP contribution in [0.15, 0.2) is 22.7 Å². The van der Waals surface area contributed by atoms with Crippen LogP contribution in [0.3, 0.4) is 0 Å². The van der Waals surface area contributed by atoms with Crippen LogP contribution in [0.2, 0.25) is 0 Å². The second-order valence-corrected chi connectivity index (χ2v) is 4.98. The van der Waals surface area contributed by atoms with Crippen molar-refractivity contribution in [2.24, 2.45) is 0 Å². The van der Waals surface area contributed by atoms with E-state index in [0.29, 0.717) is 10.0 Å². The molecular formula is C12H14BrFN2O. The topological polar surface area (TPSA) is 41.1 Å². The maximum Gasteiger partial charge on any atom is 0.252 e. The van der Waals surface area contributed by atoms with Gasteiger partial charge in [0.2, 0.25) is 0 Å². The number of piperidine rings is 1. The molecule has 0 radical (unpaired) electrons. The van der Waals surface area contributed by atoms with Gasteiger partial charge in [-0.15, -0.1) is 0 Å². The number of halogens is 2. The van der Waals surface area contributed by atoms with Gasteiger partial charge in [-0.05, 0) is 60.1 Å². The molecule has 0 spiro atoms. The summed E-state index contributed by atoms with van der Waals surface area (Å²) in [6, 6.07) is 4.30. The Hall–Kier alpha value is -0.940. The molecule has 1 heterocycles. The number of carbonyl (C=O) groups excluding carboxylic acids is 1. The summed E-state index contributed by atoms with van der Waals surface area (Å²) in [6.07, 6.45) is 1.83. The minimum atomic E-state index is -0.399. The van der Waals surface area contributed by atoms with Gasteiger partial charge in [-0.3, -0.25) is 4.79 Å². The number of benzene rings is 1. The van der Waals surface area contributed by atoms with Crippen molar-refractivity contribution in [1.29, 1.82) is 0 Å². The lowest BCUT2D eigenvalue weighted by Gasteiger charge is -2.23. The predicted octanol–water partition coefficient (Wildman–Crippen LogP) is 2.07. The maximum atomic E-state index is 13.1. The third kappa shape index (κ3) is 3.26. The third-order valence-corrected chi connectivity index (χ3v) is 3.54. The summed E-state index contributed by atoms with van der Waals surface area (Å²) < 4.78 is 13.7. The van der Waals surface area contributed by atoms with Gasteiger partial charge in [-0.2, -0.15) is 0 Å². The molecule has 0 unspecified atom stereocenters. The molecule has 1 aromatic carbocycles. The van der Waals surface area contributed by atoms with E-state index < -0.39 is 5.82 Å². The molecule has 2 rings (SSSR count). The van der Waals surface area contributed by atoms with Gasteiger partial charge in [0.05, 0.1) is 5.56 Å². The average molecular weight is 301 g/mol. The average Bonchev–Trinajstić information content (AvgIpc) is 2.33. The molecule has 17 heavy (non-hydrogen) atoms. The molecule has 2 N–H and O–H groups in total. The van der Waals surface area contributed by atoms with Crippen molar-refractivity contribution in [2.45, 2.75) is 18.9 Å². The Bertz CT molecular complexity index is 419. The molecule has 1 aliphatic heterocycles. The monoisotopic (exact) mass is 300 g/mol. The highest BCUT2D eigenvalue weighted by atomic mass is 79.9. The molecule has 5 heteroatoms. The number of nitrogens with one attached hydrogen (secondary N) is 2. The Morgan fingerprint density at radius 2 is 2.12 bits per heavy atom. The van der Waals surface area contributed by atoms with E-state index in [9.17, 15) is 9.18 Å². The number of hydrogen-bond acceptors (Lipinski definition) is 2. The zero-order chi connectivity index (χ0) is 12.3. The fourth-order valence-corrected chi connectivity index (χ4v) is 2.33. The number of carbonyl (C=O) groups is 1. The molecule has 1 fully saturated rings. The van der Waals surface area contributed by atoms with Crippen molar-refractivity contribution in [3.05, 3.63) is 34.1 Å². The van der Waals surface area contributed by atoms with E-state index in [4.69, 9.17) is 0 Å². The van der Waals surface area contributed by atoms with Crippen molar-refractivity contribution in [3.8, 4) is 0 Å². The van der Waals surface area contributed by atoms with Crippen LogP contribution in [-0.4, -0.2) is 25.0 Å². The first-order chi connectivity index (χ1) is 8.16. The van der Waals surface area contributed by atoms with Gasteiger partial charge in [-0.25, -0.2) is 4.39 Å². The zero-order valence-corrected chi connectivity index (χ0v) is 10.9. The van der Waals surface area contributed by atoms with Gasteiger partial charge < -0.3 is 10.6 Å². The highest BCUT2D eigenvalue weighted by Gasteiger charge is 2.18. The Labute approximate surface area is 108 Å². The molecule has 0 aromatic heterocycles. The quantitative estimate of drug-likeness (QED) is 0.878. The second-order valence-electron chi connectivity index (χ2n) is 4.12. The lowest BCUT2D eigenvalue weighted by Crippen LogP contribution is -2.42. The highest BCUT2D eigenvalue weighted by Crippen LogP contribution is 2.18. The zero-order valence-electron chi connectivity index (χ0n) is 9.30. The van der Waals surface area contributed by atoms with Gasteiger partial charge in [0.25, 0.3) is 5.91 Å². The minimum absolute atomic E-state index is 0.180. The lowest BCUT2D eigenvalue weighted by molar-refractivity contribution is 0.0928. The predicted molar refractivity (Wildman–Crippen MR) is 67.5 cm³/mol. The molecule has 92 valence electrons. The van der Waals surface area contributed by atoms with E-state index in [1.54, 1.807) is 6.07 Å². The van der Waals surface area contributed by atoms with Crippen LogP contribution in [-0.2, 0) is 0 Å². The number of hydrogen-bond donors (Lipinski definition) is 2. The molecule has 1 aliphatic rings. The molecule has 0 bridgehead atoms. The summed E-state index contributed by atoms with van der Waals surface area (Å²) in [5, 5.41) is 6.16. The Morgan fingerprint density at radius 1 is 1.41 bits per heavy atom. The molecule has 1 saturated heterocycles. The van der Waals surface area contributed by atoms with Crippen molar-refractivity contribution in [3.63, 3.8) is 0 Å². The third-order valence-electron chi connectivity index (χ3n) is 2.85. The van der Waals surface area contributed by atoms with Crippen molar-refractivity contribution in [2.75, 3.05) is 13.1 Å². The highest BCUT2D eigenvalue weighted by molar-refractivity contribution is 9.10.